The van der Waals surface area contributed by atoms with E-state index in [1.807, 2.05) is 18.2 Å². The summed E-state index contributed by atoms with van der Waals surface area (Å²) >= 11 is 1.30. The van der Waals surface area contributed by atoms with E-state index in [-0.39, 0.29) is 17.7 Å². The van der Waals surface area contributed by atoms with Gasteiger partial charge in [0, 0.05) is 17.1 Å². The van der Waals surface area contributed by atoms with Gasteiger partial charge in [0.25, 0.3) is 0 Å². The van der Waals surface area contributed by atoms with E-state index in [1.165, 1.54) is 11.8 Å². The van der Waals surface area contributed by atoms with Crippen molar-refractivity contribution < 1.29 is 9.59 Å². The number of aromatic nitrogens is 4. The van der Waals surface area contributed by atoms with Crippen molar-refractivity contribution in [3.05, 3.63) is 54.6 Å². The monoisotopic (exact) mass is 409 g/mol. The summed E-state index contributed by atoms with van der Waals surface area (Å²) in [5.74, 6) is 0.0189. The van der Waals surface area contributed by atoms with Gasteiger partial charge in [0.15, 0.2) is 0 Å². The molecular formula is C19H19N7O2S. The molecule has 0 saturated heterocycles. The molecule has 29 heavy (non-hydrogen) atoms. The van der Waals surface area contributed by atoms with Crippen LogP contribution < -0.4 is 16.0 Å². The van der Waals surface area contributed by atoms with E-state index in [0.717, 1.165) is 12.8 Å². The Balaban J connectivity index is 1.29. The van der Waals surface area contributed by atoms with Crippen LogP contribution in [0.15, 0.2) is 59.8 Å². The minimum atomic E-state index is -0.359. The Labute approximate surface area is 171 Å². The molecule has 148 valence electrons. The number of para-hydroxylation sites is 1. The van der Waals surface area contributed by atoms with Crippen molar-refractivity contribution in [3.63, 3.8) is 0 Å². The number of hydrogen-bond acceptors (Lipinski definition) is 6. The van der Waals surface area contributed by atoms with Crippen molar-refractivity contribution in [2.45, 2.75) is 24.0 Å². The SMILES string of the molecule is O=C(CSc1nnnn1C1CC1)Nc1cccc(NC(=O)Nc2ccccc2)c1. The predicted molar refractivity (Wildman–Crippen MR) is 111 cm³/mol. The second-order valence-electron chi connectivity index (χ2n) is 6.50. The Morgan fingerprint density at radius 1 is 0.966 bits per heavy atom. The van der Waals surface area contributed by atoms with Gasteiger partial charge >= 0.3 is 6.03 Å². The maximum Gasteiger partial charge on any atom is 0.323 e. The lowest BCUT2D eigenvalue weighted by atomic mass is 10.2. The first-order valence-electron chi connectivity index (χ1n) is 9.11. The molecule has 0 bridgehead atoms. The van der Waals surface area contributed by atoms with Gasteiger partial charge in [-0.2, -0.15) is 0 Å². The summed E-state index contributed by atoms with van der Waals surface area (Å²) < 4.78 is 1.77. The highest BCUT2D eigenvalue weighted by Gasteiger charge is 2.28. The van der Waals surface area contributed by atoms with E-state index in [0.29, 0.717) is 28.3 Å². The Bertz CT molecular complexity index is 1000. The summed E-state index contributed by atoms with van der Waals surface area (Å²) in [6.07, 6.45) is 2.14. The molecule has 3 amide bonds. The van der Waals surface area contributed by atoms with Crippen molar-refractivity contribution >= 4 is 40.8 Å². The third kappa shape index (κ3) is 5.32. The van der Waals surface area contributed by atoms with Gasteiger partial charge in [-0.1, -0.05) is 36.0 Å². The molecule has 2 aromatic carbocycles. The van der Waals surface area contributed by atoms with Gasteiger partial charge in [-0.3, -0.25) is 4.79 Å². The van der Waals surface area contributed by atoms with E-state index in [9.17, 15) is 9.59 Å². The van der Waals surface area contributed by atoms with Gasteiger partial charge in [-0.25, -0.2) is 9.48 Å². The normalized spacial score (nSPS) is 13.0. The first-order chi connectivity index (χ1) is 14.2. The van der Waals surface area contributed by atoms with E-state index in [4.69, 9.17) is 0 Å². The topological polar surface area (TPSA) is 114 Å². The number of tetrazole rings is 1. The predicted octanol–water partition coefficient (Wildman–Crippen LogP) is 3.38. The van der Waals surface area contributed by atoms with Crippen molar-refractivity contribution in [3.8, 4) is 0 Å². The number of rotatable bonds is 7. The fourth-order valence-corrected chi connectivity index (χ4v) is 3.39. The maximum absolute atomic E-state index is 12.3. The van der Waals surface area contributed by atoms with Crippen LogP contribution in [0.1, 0.15) is 18.9 Å². The highest BCUT2D eigenvalue weighted by molar-refractivity contribution is 7.99. The number of carbonyl (C=O) groups excluding carboxylic acids is 2. The highest BCUT2D eigenvalue weighted by atomic mass is 32.2. The van der Waals surface area contributed by atoms with Crippen LogP contribution >= 0.6 is 11.8 Å². The van der Waals surface area contributed by atoms with Crippen molar-refractivity contribution in [1.82, 2.24) is 20.2 Å². The first kappa shape index (κ1) is 18.9. The number of urea groups is 1. The molecule has 10 heteroatoms. The minimum Gasteiger partial charge on any atom is -0.325 e. The zero-order chi connectivity index (χ0) is 20.1. The number of carbonyl (C=O) groups is 2. The van der Waals surface area contributed by atoms with Crippen molar-refractivity contribution in [2.24, 2.45) is 0 Å². The molecule has 1 heterocycles. The molecule has 9 nitrogen and oxygen atoms in total. The molecule has 0 radical (unpaired) electrons. The van der Waals surface area contributed by atoms with Crippen LogP contribution in [0, 0.1) is 0 Å². The van der Waals surface area contributed by atoms with Crippen molar-refractivity contribution in [1.29, 1.82) is 0 Å². The molecule has 1 aliphatic rings. The average Bonchev–Trinajstić information content (AvgIpc) is 3.45. The molecule has 4 rings (SSSR count). The number of thioether (sulfide) groups is 1. The Morgan fingerprint density at radius 3 is 2.41 bits per heavy atom. The van der Waals surface area contributed by atoms with Gasteiger partial charge in [0.1, 0.15) is 0 Å². The van der Waals surface area contributed by atoms with Crippen LogP contribution in [0.3, 0.4) is 0 Å². The fraction of sp³-hybridized carbons (Fsp3) is 0.211. The second-order valence-corrected chi connectivity index (χ2v) is 7.44. The van der Waals surface area contributed by atoms with Gasteiger partial charge < -0.3 is 16.0 Å². The smallest absolute Gasteiger partial charge is 0.323 e. The molecule has 1 fully saturated rings. The average molecular weight is 409 g/mol. The zero-order valence-electron chi connectivity index (χ0n) is 15.4. The number of amides is 3. The number of nitrogens with one attached hydrogen (secondary N) is 3. The fourth-order valence-electron chi connectivity index (χ4n) is 2.65. The number of nitrogens with zero attached hydrogens (tertiary/aromatic N) is 4. The van der Waals surface area contributed by atoms with Crippen LogP contribution in [0.25, 0.3) is 0 Å². The number of benzene rings is 2. The van der Waals surface area contributed by atoms with Gasteiger partial charge in [0.05, 0.1) is 11.8 Å². The van der Waals surface area contributed by atoms with Crippen LogP contribution in [-0.4, -0.2) is 37.9 Å². The standard InChI is InChI=1S/C19H19N7O2S/c27-17(12-29-19-23-24-25-26(19)16-9-10-16)20-14-7-4-8-15(11-14)22-18(28)21-13-5-2-1-3-6-13/h1-8,11,16H,9-10,12H2,(H,20,27)(H2,21,22,28). The zero-order valence-corrected chi connectivity index (χ0v) is 16.2. The first-order valence-corrected chi connectivity index (χ1v) is 10.1. The largest absolute Gasteiger partial charge is 0.325 e. The number of anilines is 3. The third-order valence-electron chi connectivity index (χ3n) is 4.12. The molecule has 0 aliphatic heterocycles. The van der Waals surface area contributed by atoms with Gasteiger partial charge in [0.2, 0.25) is 11.1 Å². The molecule has 3 aromatic rings. The summed E-state index contributed by atoms with van der Waals surface area (Å²) in [7, 11) is 0. The van der Waals surface area contributed by atoms with Crippen LogP contribution in [0.4, 0.5) is 21.9 Å². The Kier molecular flexibility index (Phi) is 5.71. The molecule has 1 aromatic heterocycles. The lowest BCUT2D eigenvalue weighted by molar-refractivity contribution is -0.113. The number of hydrogen-bond donors (Lipinski definition) is 3. The van der Waals surface area contributed by atoms with E-state index in [1.54, 1.807) is 41.1 Å². The van der Waals surface area contributed by atoms with E-state index >= 15 is 0 Å². The molecular weight excluding hydrogens is 390 g/mol. The summed E-state index contributed by atoms with van der Waals surface area (Å²) in [6.45, 7) is 0. The molecule has 0 atom stereocenters. The third-order valence-corrected chi connectivity index (χ3v) is 5.06. The lowest BCUT2D eigenvalue weighted by Gasteiger charge is -2.10. The van der Waals surface area contributed by atoms with Crippen LogP contribution in [0.2, 0.25) is 0 Å². The van der Waals surface area contributed by atoms with E-state index in [2.05, 4.69) is 31.5 Å². The maximum atomic E-state index is 12.3. The van der Waals surface area contributed by atoms with Crippen molar-refractivity contribution in [2.75, 3.05) is 21.7 Å². The molecule has 1 saturated carbocycles. The van der Waals surface area contributed by atoms with Crippen LogP contribution in [-0.2, 0) is 4.79 Å². The van der Waals surface area contributed by atoms with E-state index < -0.39 is 0 Å². The molecule has 3 N–H and O–H groups in total. The Morgan fingerprint density at radius 2 is 1.66 bits per heavy atom. The summed E-state index contributed by atoms with van der Waals surface area (Å²) in [5, 5.41) is 20.6. The second kappa shape index (κ2) is 8.74. The van der Waals surface area contributed by atoms with Gasteiger partial charge in [-0.05, 0) is 53.6 Å². The lowest BCUT2D eigenvalue weighted by Crippen LogP contribution is -2.19. The summed E-state index contributed by atoms with van der Waals surface area (Å²) in [4.78, 5) is 24.4. The summed E-state index contributed by atoms with van der Waals surface area (Å²) in [6, 6.07) is 16.1. The minimum absolute atomic E-state index is 0.175. The summed E-state index contributed by atoms with van der Waals surface area (Å²) in [5.41, 5.74) is 1.86. The quantitative estimate of drug-likeness (QED) is 0.516. The molecule has 0 unspecified atom stereocenters. The highest BCUT2D eigenvalue weighted by Crippen LogP contribution is 2.36. The Hall–Kier alpha value is -3.40. The van der Waals surface area contributed by atoms with Gasteiger partial charge in [-0.15, -0.1) is 5.10 Å². The van der Waals surface area contributed by atoms with Crippen LogP contribution in [0.5, 0.6) is 0 Å². The molecule has 1 aliphatic carbocycles. The molecule has 0 spiro atoms.